The summed E-state index contributed by atoms with van der Waals surface area (Å²) in [5, 5.41) is 3.39. The van der Waals surface area contributed by atoms with Crippen LogP contribution in [0.25, 0.3) is 0 Å². The number of benzene rings is 1. The topological polar surface area (TPSA) is 41.3 Å². The maximum absolute atomic E-state index is 13.2. The third-order valence-corrected chi connectivity index (χ3v) is 3.79. The van der Waals surface area contributed by atoms with Crippen molar-refractivity contribution in [3.63, 3.8) is 0 Å². The van der Waals surface area contributed by atoms with Gasteiger partial charge in [-0.05, 0) is 45.5 Å². The maximum atomic E-state index is 13.2. The monoisotopic (exact) mass is 301 g/mol. The number of anilines is 2. The van der Waals surface area contributed by atoms with Crippen LogP contribution in [0.5, 0.6) is 0 Å². The smallest absolute Gasteiger partial charge is 0.143 e. The Labute approximate surface area is 126 Å². The van der Waals surface area contributed by atoms with Gasteiger partial charge < -0.3 is 16.0 Å². The fourth-order valence-corrected chi connectivity index (χ4v) is 2.35. The highest BCUT2D eigenvalue weighted by atomic mass is 35.5. The molecule has 0 radical (unpaired) electrons. The van der Waals surface area contributed by atoms with Gasteiger partial charge in [0.15, 0.2) is 0 Å². The number of nitrogen functional groups attached to an aromatic ring is 1. The first-order valence-electron chi connectivity index (χ1n) is 7.21. The van der Waals surface area contributed by atoms with Crippen molar-refractivity contribution in [2.45, 2.75) is 39.7 Å². The molecule has 114 valence electrons. The molecule has 3 nitrogen and oxygen atoms in total. The third kappa shape index (κ3) is 5.17. The number of nitrogens with zero attached hydrogens (tertiary/aromatic N) is 1. The van der Waals surface area contributed by atoms with Crippen molar-refractivity contribution >= 4 is 23.0 Å². The molecular formula is C15H25ClFN3. The zero-order chi connectivity index (χ0) is 15.1. The number of nitrogens with two attached hydrogens (primary N) is 1. The molecule has 0 aliphatic heterocycles. The van der Waals surface area contributed by atoms with Crippen LogP contribution in [-0.2, 0) is 0 Å². The zero-order valence-electron chi connectivity index (χ0n) is 12.5. The van der Waals surface area contributed by atoms with Gasteiger partial charge in [-0.1, -0.05) is 25.4 Å². The number of hydrogen-bond acceptors (Lipinski definition) is 3. The van der Waals surface area contributed by atoms with Crippen molar-refractivity contribution in [2.24, 2.45) is 0 Å². The Morgan fingerprint density at radius 2 is 2.00 bits per heavy atom. The van der Waals surface area contributed by atoms with E-state index < -0.39 is 5.82 Å². The average Bonchev–Trinajstić information content (AvgIpc) is 2.41. The van der Waals surface area contributed by atoms with Crippen LogP contribution in [-0.4, -0.2) is 30.6 Å². The van der Waals surface area contributed by atoms with Crippen molar-refractivity contribution in [1.29, 1.82) is 0 Å². The van der Waals surface area contributed by atoms with Crippen molar-refractivity contribution < 1.29 is 4.39 Å². The van der Waals surface area contributed by atoms with E-state index in [4.69, 9.17) is 17.3 Å². The molecule has 0 saturated heterocycles. The van der Waals surface area contributed by atoms with Crippen LogP contribution in [0.2, 0.25) is 5.02 Å². The number of hydrogen-bond donors (Lipinski definition) is 2. The summed E-state index contributed by atoms with van der Waals surface area (Å²) in [6.07, 6.45) is 2.15. The molecule has 0 aliphatic carbocycles. The Hall–Kier alpha value is -1.00. The van der Waals surface area contributed by atoms with E-state index in [-0.39, 0.29) is 11.1 Å². The van der Waals surface area contributed by atoms with E-state index in [1.807, 2.05) is 0 Å². The van der Waals surface area contributed by atoms with Crippen LogP contribution in [0.15, 0.2) is 12.1 Å². The molecule has 1 atom stereocenters. The second kappa shape index (κ2) is 8.32. The summed E-state index contributed by atoms with van der Waals surface area (Å²) in [6, 6.07) is 3.08. The van der Waals surface area contributed by atoms with Crippen LogP contribution in [0, 0.1) is 5.82 Å². The summed E-state index contributed by atoms with van der Waals surface area (Å²) in [6.45, 7) is 9.70. The molecule has 0 amide bonds. The summed E-state index contributed by atoms with van der Waals surface area (Å²) in [5.41, 5.74) is 6.88. The van der Waals surface area contributed by atoms with Crippen molar-refractivity contribution in [3.8, 4) is 0 Å². The van der Waals surface area contributed by atoms with Gasteiger partial charge in [0.25, 0.3) is 0 Å². The minimum atomic E-state index is -0.482. The highest BCUT2D eigenvalue weighted by molar-refractivity contribution is 6.31. The standard InChI is InChI=1S/C15H25ClFN3/c1-4-20(5-2)8-6-7-11(3)19-15-9-12(16)13(17)10-14(15)18/h9-11,19H,4-8,18H2,1-3H3. The fourth-order valence-electron chi connectivity index (χ4n) is 2.19. The molecule has 3 N–H and O–H groups in total. The van der Waals surface area contributed by atoms with E-state index in [2.05, 4.69) is 31.0 Å². The fraction of sp³-hybridized carbons (Fsp3) is 0.600. The highest BCUT2D eigenvalue weighted by Gasteiger charge is 2.09. The van der Waals surface area contributed by atoms with E-state index in [0.29, 0.717) is 11.4 Å². The maximum Gasteiger partial charge on any atom is 0.143 e. The minimum absolute atomic E-state index is 0.0945. The lowest BCUT2D eigenvalue weighted by molar-refractivity contribution is 0.295. The number of halogens is 2. The molecule has 0 aromatic heterocycles. The van der Waals surface area contributed by atoms with E-state index in [0.717, 1.165) is 32.5 Å². The molecule has 0 fully saturated rings. The number of rotatable bonds is 8. The van der Waals surface area contributed by atoms with Gasteiger partial charge >= 0.3 is 0 Å². The predicted octanol–water partition coefficient (Wildman–Crippen LogP) is 3.98. The van der Waals surface area contributed by atoms with E-state index in [9.17, 15) is 4.39 Å². The quantitative estimate of drug-likeness (QED) is 0.714. The predicted molar refractivity (Wildman–Crippen MR) is 85.9 cm³/mol. The van der Waals surface area contributed by atoms with Crippen LogP contribution < -0.4 is 11.1 Å². The molecule has 20 heavy (non-hydrogen) atoms. The van der Waals surface area contributed by atoms with Gasteiger partial charge in [0.2, 0.25) is 0 Å². The molecule has 0 saturated carbocycles. The zero-order valence-corrected chi connectivity index (χ0v) is 13.3. The van der Waals surface area contributed by atoms with Gasteiger partial charge in [-0.15, -0.1) is 0 Å². The van der Waals surface area contributed by atoms with Crippen LogP contribution in [0.3, 0.4) is 0 Å². The Kier molecular flexibility index (Phi) is 7.10. The van der Waals surface area contributed by atoms with Crippen molar-refractivity contribution in [3.05, 3.63) is 23.0 Å². The van der Waals surface area contributed by atoms with Gasteiger partial charge in [0.1, 0.15) is 5.82 Å². The Bertz CT molecular complexity index is 422. The minimum Gasteiger partial charge on any atom is -0.397 e. The van der Waals surface area contributed by atoms with Gasteiger partial charge in [0, 0.05) is 12.1 Å². The summed E-state index contributed by atoms with van der Waals surface area (Å²) < 4.78 is 13.2. The summed E-state index contributed by atoms with van der Waals surface area (Å²) in [7, 11) is 0. The molecule has 0 bridgehead atoms. The molecule has 1 unspecified atom stereocenters. The molecule has 0 aliphatic rings. The summed E-state index contributed by atoms with van der Waals surface area (Å²) in [4.78, 5) is 2.40. The highest BCUT2D eigenvalue weighted by Crippen LogP contribution is 2.27. The second-order valence-electron chi connectivity index (χ2n) is 5.07. The Morgan fingerprint density at radius 1 is 1.35 bits per heavy atom. The third-order valence-electron chi connectivity index (χ3n) is 3.50. The van der Waals surface area contributed by atoms with Crippen LogP contribution in [0.1, 0.15) is 33.6 Å². The summed E-state index contributed by atoms with van der Waals surface area (Å²) >= 11 is 5.78. The van der Waals surface area contributed by atoms with Gasteiger partial charge in [-0.25, -0.2) is 4.39 Å². The lowest BCUT2D eigenvalue weighted by atomic mass is 10.1. The second-order valence-corrected chi connectivity index (χ2v) is 5.48. The SMILES string of the molecule is CCN(CC)CCCC(C)Nc1cc(Cl)c(F)cc1N. The van der Waals surface area contributed by atoms with E-state index in [1.54, 1.807) is 6.07 Å². The first-order chi connectivity index (χ1) is 9.47. The average molecular weight is 302 g/mol. The van der Waals surface area contributed by atoms with Gasteiger partial charge in [-0.2, -0.15) is 0 Å². The van der Waals surface area contributed by atoms with Crippen molar-refractivity contribution in [1.82, 2.24) is 4.90 Å². The Balaban J connectivity index is 2.46. The first-order valence-corrected chi connectivity index (χ1v) is 7.59. The Morgan fingerprint density at radius 3 is 2.60 bits per heavy atom. The molecule has 1 aromatic carbocycles. The van der Waals surface area contributed by atoms with Crippen LogP contribution >= 0.6 is 11.6 Å². The first kappa shape index (κ1) is 17.1. The summed E-state index contributed by atoms with van der Waals surface area (Å²) in [5.74, 6) is -0.482. The van der Waals surface area contributed by atoms with Gasteiger partial charge in [0.05, 0.1) is 16.4 Å². The normalized spacial score (nSPS) is 12.7. The lowest BCUT2D eigenvalue weighted by Crippen LogP contribution is -2.25. The van der Waals surface area contributed by atoms with E-state index >= 15 is 0 Å². The molecule has 1 aromatic rings. The van der Waals surface area contributed by atoms with Gasteiger partial charge in [-0.3, -0.25) is 0 Å². The largest absolute Gasteiger partial charge is 0.397 e. The lowest BCUT2D eigenvalue weighted by Gasteiger charge is -2.21. The number of nitrogens with one attached hydrogen (secondary N) is 1. The molecule has 0 spiro atoms. The molecular weight excluding hydrogens is 277 g/mol. The molecule has 0 heterocycles. The molecule has 1 rings (SSSR count). The molecule has 5 heteroatoms. The van der Waals surface area contributed by atoms with Crippen LogP contribution in [0.4, 0.5) is 15.8 Å². The van der Waals surface area contributed by atoms with Crippen molar-refractivity contribution in [2.75, 3.05) is 30.7 Å². The van der Waals surface area contributed by atoms with E-state index in [1.165, 1.54) is 6.07 Å².